The molecule has 4 heteroatoms. The molecule has 3 nitrogen and oxygen atoms in total. The van der Waals surface area contributed by atoms with Gasteiger partial charge in [0.2, 0.25) is 0 Å². The van der Waals surface area contributed by atoms with Crippen molar-refractivity contribution in [2.45, 2.75) is 13.3 Å². The molecule has 0 bridgehead atoms. The Balaban J connectivity index is 2.88. The van der Waals surface area contributed by atoms with Crippen molar-refractivity contribution >= 4 is 28.4 Å². The van der Waals surface area contributed by atoms with Gasteiger partial charge in [-0.3, -0.25) is 0 Å². The monoisotopic (exact) mass is 301 g/mol. The van der Waals surface area contributed by atoms with Crippen molar-refractivity contribution in [3.05, 3.63) is 16.1 Å². The normalized spacial score (nSPS) is 9.50. The molecular weight excluding hydrogens is 289 g/mol. The van der Waals surface area contributed by atoms with Crippen LogP contribution in [0.25, 0.3) is 0 Å². The minimum Gasteiger partial charge on any atom is -0.345 e. The molecule has 0 radical (unpaired) electrons. The van der Waals surface area contributed by atoms with E-state index >= 15 is 0 Å². The zero-order chi connectivity index (χ0) is 10.4. The smallest absolute Gasteiger partial charge is 0.146 e. The lowest BCUT2D eigenvalue weighted by Crippen LogP contribution is -2.26. The topological polar surface area (TPSA) is 29.0 Å². The fourth-order valence-corrected chi connectivity index (χ4v) is 1.82. The number of aromatic nitrogens is 2. The molecular formula is C10H12IN3. The summed E-state index contributed by atoms with van der Waals surface area (Å²) in [4.78, 5) is 10.3. The predicted octanol–water partition coefficient (Wildman–Crippen LogP) is 1.93. The molecule has 0 aliphatic heterocycles. The first-order chi connectivity index (χ1) is 6.79. The highest BCUT2D eigenvalue weighted by atomic mass is 127. The van der Waals surface area contributed by atoms with E-state index in [2.05, 4.69) is 50.3 Å². The average Bonchev–Trinajstić information content (AvgIpc) is 2.18. The van der Waals surface area contributed by atoms with Crippen LogP contribution >= 0.6 is 22.6 Å². The Morgan fingerprint density at radius 3 is 3.00 bits per heavy atom. The van der Waals surface area contributed by atoms with Gasteiger partial charge in [0, 0.05) is 12.7 Å². The average molecular weight is 301 g/mol. The largest absolute Gasteiger partial charge is 0.345 e. The standard InChI is InChI=1S/C10H12IN3/c1-3-5-14(6-4-2)10-9(11)7-12-8-13-10/h1,7-8H,4-6H2,2H3. The number of nitrogens with zero attached hydrogens (tertiary/aromatic N) is 3. The second-order valence-corrected chi connectivity index (χ2v) is 3.98. The maximum absolute atomic E-state index is 5.31. The van der Waals surface area contributed by atoms with Crippen LogP contribution in [-0.2, 0) is 0 Å². The molecule has 0 saturated carbocycles. The Bertz CT molecular complexity index is 332. The summed E-state index contributed by atoms with van der Waals surface area (Å²) >= 11 is 2.22. The third-order valence-electron chi connectivity index (χ3n) is 1.72. The molecule has 74 valence electrons. The Hall–Kier alpha value is -0.830. The first-order valence-electron chi connectivity index (χ1n) is 4.43. The molecule has 1 aromatic rings. The van der Waals surface area contributed by atoms with Crippen LogP contribution in [0, 0.1) is 15.9 Å². The number of hydrogen-bond donors (Lipinski definition) is 0. The van der Waals surface area contributed by atoms with Gasteiger partial charge in [-0.15, -0.1) is 6.42 Å². The molecule has 0 aliphatic rings. The number of anilines is 1. The van der Waals surface area contributed by atoms with Crippen molar-refractivity contribution in [1.82, 2.24) is 9.97 Å². The summed E-state index contributed by atoms with van der Waals surface area (Å²) in [5, 5.41) is 0. The van der Waals surface area contributed by atoms with Gasteiger partial charge in [0.15, 0.2) is 0 Å². The minimum absolute atomic E-state index is 0.598. The van der Waals surface area contributed by atoms with E-state index in [0.29, 0.717) is 6.54 Å². The number of rotatable bonds is 4. The van der Waals surface area contributed by atoms with E-state index in [-0.39, 0.29) is 0 Å². The summed E-state index contributed by atoms with van der Waals surface area (Å²) in [5.41, 5.74) is 0. The van der Waals surface area contributed by atoms with Crippen molar-refractivity contribution in [3.8, 4) is 12.3 Å². The fourth-order valence-electron chi connectivity index (χ4n) is 1.18. The third kappa shape index (κ3) is 2.84. The van der Waals surface area contributed by atoms with Gasteiger partial charge in [0.05, 0.1) is 10.1 Å². The summed E-state index contributed by atoms with van der Waals surface area (Å²) < 4.78 is 1.04. The van der Waals surface area contributed by atoms with Crippen molar-refractivity contribution in [2.75, 3.05) is 18.0 Å². The number of hydrogen-bond acceptors (Lipinski definition) is 3. The molecule has 1 heterocycles. The van der Waals surface area contributed by atoms with Gasteiger partial charge in [-0.2, -0.15) is 0 Å². The Labute approximate surface area is 98.1 Å². The van der Waals surface area contributed by atoms with Gasteiger partial charge in [-0.05, 0) is 29.0 Å². The van der Waals surface area contributed by atoms with Crippen LogP contribution in [0.1, 0.15) is 13.3 Å². The Morgan fingerprint density at radius 1 is 1.64 bits per heavy atom. The lowest BCUT2D eigenvalue weighted by Gasteiger charge is -2.20. The summed E-state index contributed by atoms with van der Waals surface area (Å²) in [7, 11) is 0. The molecule has 1 rings (SSSR count). The van der Waals surface area contributed by atoms with Gasteiger partial charge >= 0.3 is 0 Å². The van der Waals surface area contributed by atoms with Crippen molar-refractivity contribution in [3.63, 3.8) is 0 Å². The third-order valence-corrected chi connectivity index (χ3v) is 2.48. The van der Waals surface area contributed by atoms with Crippen molar-refractivity contribution < 1.29 is 0 Å². The Kier molecular flexibility index (Phi) is 4.66. The maximum atomic E-state index is 5.31. The SMILES string of the molecule is C#CCN(CCC)c1ncncc1I. The van der Waals surface area contributed by atoms with Crippen LogP contribution in [0.5, 0.6) is 0 Å². The second kappa shape index (κ2) is 5.81. The van der Waals surface area contributed by atoms with E-state index in [1.807, 2.05) is 0 Å². The van der Waals surface area contributed by atoms with Crippen LogP contribution in [0.4, 0.5) is 5.82 Å². The first-order valence-corrected chi connectivity index (χ1v) is 5.51. The van der Waals surface area contributed by atoms with E-state index in [9.17, 15) is 0 Å². The van der Waals surface area contributed by atoms with Gasteiger partial charge in [-0.25, -0.2) is 9.97 Å². The molecule has 0 spiro atoms. The van der Waals surface area contributed by atoms with Crippen LogP contribution in [0.15, 0.2) is 12.5 Å². The van der Waals surface area contributed by atoms with E-state index in [1.165, 1.54) is 0 Å². The van der Waals surface area contributed by atoms with E-state index in [4.69, 9.17) is 6.42 Å². The van der Waals surface area contributed by atoms with Gasteiger partial charge in [-0.1, -0.05) is 12.8 Å². The van der Waals surface area contributed by atoms with Gasteiger partial charge in [0.1, 0.15) is 12.1 Å². The Morgan fingerprint density at radius 2 is 2.43 bits per heavy atom. The van der Waals surface area contributed by atoms with E-state index < -0.39 is 0 Å². The maximum Gasteiger partial charge on any atom is 0.146 e. The summed E-state index contributed by atoms with van der Waals surface area (Å²) in [6, 6.07) is 0. The van der Waals surface area contributed by atoms with E-state index in [0.717, 1.165) is 22.4 Å². The lowest BCUT2D eigenvalue weighted by molar-refractivity contribution is 0.803. The number of halogens is 1. The first kappa shape index (κ1) is 11.2. The highest BCUT2D eigenvalue weighted by molar-refractivity contribution is 14.1. The summed E-state index contributed by atoms with van der Waals surface area (Å²) in [6.07, 6.45) is 9.71. The van der Waals surface area contributed by atoms with Crippen molar-refractivity contribution in [1.29, 1.82) is 0 Å². The molecule has 0 saturated heterocycles. The summed E-state index contributed by atoms with van der Waals surface area (Å²) in [5.74, 6) is 3.57. The molecule has 0 aromatic carbocycles. The molecule has 0 fully saturated rings. The molecule has 0 aliphatic carbocycles. The lowest BCUT2D eigenvalue weighted by atomic mass is 10.4. The van der Waals surface area contributed by atoms with Gasteiger partial charge < -0.3 is 4.90 Å². The molecule has 1 aromatic heterocycles. The predicted molar refractivity (Wildman–Crippen MR) is 66.1 cm³/mol. The van der Waals surface area contributed by atoms with Crippen molar-refractivity contribution in [2.24, 2.45) is 0 Å². The quantitative estimate of drug-likeness (QED) is 0.628. The molecule has 0 N–H and O–H groups in total. The van der Waals surface area contributed by atoms with Crippen LogP contribution in [0.2, 0.25) is 0 Å². The zero-order valence-corrected chi connectivity index (χ0v) is 10.2. The van der Waals surface area contributed by atoms with Crippen LogP contribution in [0.3, 0.4) is 0 Å². The number of terminal acetylenes is 1. The molecule has 14 heavy (non-hydrogen) atoms. The second-order valence-electron chi connectivity index (χ2n) is 2.82. The van der Waals surface area contributed by atoms with Crippen LogP contribution < -0.4 is 4.90 Å². The molecule has 0 atom stereocenters. The van der Waals surface area contributed by atoms with Crippen LogP contribution in [-0.4, -0.2) is 23.1 Å². The summed E-state index contributed by atoms with van der Waals surface area (Å²) in [6.45, 7) is 3.65. The highest BCUT2D eigenvalue weighted by Gasteiger charge is 2.08. The van der Waals surface area contributed by atoms with E-state index in [1.54, 1.807) is 12.5 Å². The highest BCUT2D eigenvalue weighted by Crippen LogP contribution is 2.17. The minimum atomic E-state index is 0.598. The molecule has 0 amide bonds. The van der Waals surface area contributed by atoms with Gasteiger partial charge in [0.25, 0.3) is 0 Å². The fraction of sp³-hybridized carbons (Fsp3) is 0.400. The molecule has 0 unspecified atom stereocenters. The zero-order valence-electron chi connectivity index (χ0n) is 8.07.